The predicted octanol–water partition coefficient (Wildman–Crippen LogP) is 1.18. The topological polar surface area (TPSA) is 108 Å². The van der Waals surface area contributed by atoms with Crippen LogP contribution in [0.3, 0.4) is 0 Å². The number of nitrogens with one attached hydrogen (secondary N) is 2. The van der Waals surface area contributed by atoms with Gasteiger partial charge in [-0.2, -0.15) is 0 Å². The Balaban J connectivity index is 1.90. The van der Waals surface area contributed by atoms with Gasteiger partial charge in [-0.1, -0.05) is 11.6 Å². The highest BCUT2D eigenvalue weighted by Crippen LogP contribution is 2.24. The summed E-state index contributed by atoms with van der Waals surface area (Å²) in [5.74, 6) is -0.0453. The number of nitrogens with zero attached hydrogens (tertiary/aromatic N) is 1. The lowest BCUT2D eigenvalue weighted by Gasteiger charge is -2.33. The second kappa shape index (κ2) is 8.21. The number of piperidine rings is 1. The SMILES string of the molecule is CC(NC(N)=O)C(=O)NC1CCCN(Cc2cc(Cl)ccc2O)C1. The number of rotatable bonds is 5. The van der Waals surface area contributed by atoms with E-state index < -0.39 is 12.1 Å². The standard InChI is InChI=1S/C16H23ClN4O3/c1-10(19-16(18)24)15(23)20-13-3-2-6-21(9-13)8-11-7-12(17)4-5-14(11)22/h4-5,7,10,13,22H,2-3,6,8-9H2,1H3,(H,20,23)(H3,18,19,24). The second-order valence-electron chi connectivity index (χ2n) is 6.09. The van der Waals surface area contributed by atoms with Crippen LogP contribution in [0.15, 0.2) is 18.2 Å². The summed E-state index contributed by atoms with van der Waals surface area (Å²) in [6.07, 6.45) is 1.80. The molecule has 0 aromatic heterocycles. The number of amides is 3. The van der Waals surface area contributed by atoms with Crippen LogP contribution in [0.25, 0.3) is 0 Å². The number of likely N-dealkylation sites (tertiary alicyclic amines) is 1. The van der Waals surface area contributed by atoms with Gasteiger partial charge >= 0.3 is 6.03 Å². The minimum atomic E-state index is -0.723. The van der Waals surface area contributed by atoms with Crippen LogP contribution >= 0.6 is 11.6 Å². The monoisotopic (exact) mass is 354 g/mol. The molecule has 5 N–H and O–H groups in total. The molecule has 1 aliphatic heterocycles. The van der Waals surface area contributed by atoms with E-state index in [1.54, 1.807) is 25.1 Å². The summed E-state index contributed by atoms with van der Waals surface area (Å²) in [7, 11) is 0. The van der Waals surface area contributed by atoms with Crippen LogP contribution in [0, 0.1) is 0 Å². The summed E-state index contributed by atoms with van der Waals surface area (Å²) in [5, 5.41) is 15.8. The number of halogens is 1. The number of carbonyl (C=O) groups is 2. The van der Waals surface area contributed by atoms with E-state index in [0.717, 1.165) is 24.9 Å². The zero-order valence-electron chi connectivity index (χ0n) is 13.6. The van der Waals surface area contributed by atoms with E-state index in [4.69, 9.17) is 17.3 Å². The summed E-state index contributed by atoms with van der Waals surface area (Å²) in [4.78, 5) is 25.0. The third kappa shape index (κ3) is 5.28. The molecule has 2 unspecified atom stereocenters. The smallest absolute Gasteiger partial charge is 0.312 e. The minimum Gasteiger partial charge on any atom is -0.508 e. The van der Waals surface area contributed by atoms with Gasteiger partial charge in [0.15, 0.2) is 0 Å². The molecule has 0 aliphatic carbocycles. The van der Waals surface area contributed by atoms with E-state index >= 15 is 0 Å². The van der Waals surface area contributed by atoms with E-state index in [1.165, 1.54) is 0 Å². The van der Waals surface area contributed by atoms with Crippen LogP contribution in [-0.2, 0) is 11.3 Å². The average Bonchev–Trinajstić information content (AvgIpc) is 2.50. The number of urea groups is 1. The first-order valence-electron chi connectivity index (χ1n) is 7.91. The molecule has 0 bridgehead atoms. The van der Waals surface area contributed by atoms with E-state index in [-0.39, 0.29) is 17.7 Å². The van der Waals surface area contributed by atoms with Crippen molar-refractivity contribution in [3.8, 4) is 5.75 Å². The average molecular weight is 355 g/mol. The molecule has 1 saturated heterocycles. The third-order valence-electron chi connectivity index (χ3n) is 4.04. The highest BCUT2D eigenvalue weighted by atomic mass is 35.5. The molecule has 8 heteroatoms. The maximum atomic E-state index is 12.1. The minimum absolute atomic E-state index is 0.00953. The fourth-order valence-corrected chi connectivity index (χ4v) is 3.04. The van der Waals surface area contributed by atoms with Crippen LogP contribution in [-0.4, -0.2) is 47.1 Å². The van der Waals surface area contributed by atoms with Crippen LogP contribution in [0.1, 0.15) is 25.3 Å². The molecule has 24 heavy (non-hydrogen) atoms. The van der Waals surface area contributed by atoms with E-state index in [0.29, 0.717) is 18.1 Å². The zero-order valence-corrected chi connectivity index (χ0v) is 14.3. The molecule has 1 aromatic rings. The number of hydrogen-bond acceptors (Lipinski definition) is 4. The molecule has 1 fully saturated rings. The normalized spacial score (nSPS) is 19.5. The van der Waals surface area contributed by atoms with Crippen molar-refractivity contribution in [3.05, 3.63) is 28.8 Å². The van der Waals surface area contributed by atoms with Gasteiger partial charge < -0.3 is 21.5 Å². The van der Waals surface area contributed by atoms with Gasteiger partial charge in [0.25, 0.3) is 0 Å². The van der Waals surface area contributed by atoms with E-state index in [9.17, 15) is 14.7 Å². The summed E-state index contributed by atoms with van der Waals surface area (Å²) < 4.78 is 0. The Hall–Kier alpha value is -1.99. The van der Waals surface area contributed by atoms with Crippen molar-refractivity contribution in [1.82, 2.24) is 15.5 Å². The molecule has 0 radical (unpaired) electrons. The zero-order chi connectivity index (χ0) is 17.7. The number of hydrogen-bond donors (Lipinski definition) is 4. The summed E-state index contributed by atoms with van der Waals surface area (Å²) in [6, 6.07) is 3.57. The van der Waals surface area contributed by atoms with Gasteiger partial charge in [0.1, 0.15) is 11.8 Å². The summed E-state index contributed by atoms with van der Waals surface area (Å²) in [6.45, 7) is 3.70. The van der Waals surface area contributed by atoms with Gasteiger partial charge in [-0.3, -0.25) is 9.69 Å². The van der Waals surface area contributed by atoms with Gasteiger partial charge in [-0.15, -0.1) is 0 Å². The fraction of sp³-hybridized carbons (Fsp3) is 0.500. The highest BCUT2D eigenvalue weighted by Gasteiger charge is 2.24. The van der Waals surface area contributed by atoms with Gasteiger partial charge in [-0.05, 0) is 44.5 Å². The number of phenolic OH excluding ortho intramolecular Hbond substituents is 1. The van der Waals surface area contributed by atoms with Crippen molar-refractivity contribution < 1.29 is 14.7 Å². The van der Waals surface area contributed by atoms with Gasteiger partial charge in [0.05, 0.1) is 0 Å². The molecule has 0 spiro atoms. The Morgan fingerprint density at radius 3 is 2.96 bits per heavy atom. The second-order valence-corrected chi connectivity index (χ2v) is 6.52. The predicted molar refractivity (Wildman–Crippen MR) is 91.7 cm³/mol. The van der Waals surface area contributed by atoms with Crippen LogP contribution in [0.4, 0.5) is 4.79 Å². The van der Waals surface area contributed by atoms with Crippen LogP contribution in [0.2, 0.25) is 5.02 Å². The largest absolute Gasteiger partial charge is 0.508 e. The first-order chi connectivity index (χ1) is 11.3. The van der Waals surface area contributed by atoms with Gasteiger partial charge in [-0.25, -0.2) is 4.79 Å². The Bertz CT molecular complexity index is 611. The molecule has 1 aromatic carbocycles. The van der Waals surface area contributed by atoms with Crippen molar-refractivity contribution >= 4 is 23.5 Å². The number of benzene rings is 1. The quantitative estimate of drug-likeness (QED) is 0.636. The summed E-state index contributed by atoms with van der Waals surface area (Å²) >= 11 is 5.98. The lowest BCUT2D eigenvalue weighted by Crippen LogP contribution is -2.53. The van der Waals surface area contributed by atoms with Crippen molar-refractivity contribution in [1.29, 1.82) is 0 Å². The Labute approximate surface area is 146 Å². The lowest BCUT2D eigenvalue weighted by molar-refractivity contribution is -0.123. The van der Waals surface area contributed by atoms with Crippen molar-refractivity contribution in [2.75, 3.05) is 13.1 Å². The maximum Gasteiger partial charge on any atom is 0.312 e. The van der Waals surface area contributed by atoms with E-state index in [1.807, 2.05) is 0 Å². The first kappa shape index (κ1) is 18.4. The van der Waals surface area contributed by atoms with E-state index in [2.05, 4.69) is 15.5 Å². The Kier molecular flexibility index (Phi) is 6.28. The molecule has 1 heterocycles. The molecule has 1 aliphatic rings. The summed E-state index contributed by atoms with van der Waals surface area (Å²) in [5.41, 5.74) is 5.79. The lowest BCUT2D eigenvalue weighted by atomic mass is 10.0. The van der Waals surface area contributed by atoms with Crippen LogP contribution in [0.5, 0.6) is 5.75 Å². The maximum absolute atomic E-state index is 12.1. The number of aromatic hydroxyl groups is 1. The Morgan fingerprint density at radius 2 is 2.25 bits per heavy atom. The van der Waals surface area contributed by atoms with Gasteiger partial charge in [0.2, 0.25) is 5.91 Å². The molecule has 7 nitrogen and oxygen atoms in total. The molecule has 132 valence electrons. The Morgan fingerprint density at radius 1 is 1.50 bits per heavy atom. The van der Waals surface area contributed by atoms with Crippen LogP contribution < -0.4 is 16.4 Å². The molecule has 2 atom stereocenters. The number of nitrogens with two attached hydrogens (primary N) is 1. The molecule has 3 amide bonds. The van der Waals surface area contributed by atoms with Gasteiger partial charge in [0, 0.05) is 29.7 Å². The van der Waals surface area contributed by atoms with Crippen molar-refractivity contribution in [3.63, 3.8) is 0 Å². The third-order valence-corrected chi connectivity index (χ3v) is 4.27. The number of primary amides is 1. The molecular weight excluding hydrogens is 332 g/mol. The fourth-order valence-electron chi connectivity index (χ4n) is 2.84. The van der Waals surface area contributed by atoms with Crippen molar-refractivity contribution in [2.24, 2.45) is 5.73 Å². The first-order valence-corrected chi connectivity index (χ1v) is 8.29. The van der Waals surface area contributed by atoms with Crippen molar-refractivity contribution in [2.45, 2.75) is 38.4 Å². The molecule has 0 saturated carbocycles. The molecule has 2 rings (SSSR count). The number of carbonyl (C=O) groups excluding carboxylic acids is 2. The highest BCUT2D eigenvalue weighted by molar-refractivity contribution is 6.30. The number of phenols is 1. The molecular formula is C16H23ClN4O3.